The zero-order valence-corrected chi connectivity index (χ0v) is 11.0. The summed E-state index contributed by atoms with van der Waals surface area (Å²) in [6, 6.07) is 0. The Hall–Kier alpha value is -0.300. The lowest BCUT2D eigenvalue weighted by atomic mass is 9.62. The Morgan fingerprint density at radius 1 is 1.25 bits per heavy atom. The van der Waals surface area contributed by atoms with Gasteiger partial charge in [0.15, 0.2) is 0 Å². The molecule has 16 heavy (non-hydrogen) atoms. The zero-order chi connectivity index (χ0) is 11.7. The van der Waals surface area contributed by atoms with Gasteiger partial charge in [0.25, 0.3) is 0 Å². The van der Waals surface area contributed by atoms with Crippen LogP contribution in [0.3, 0.4) is 0 Å². The van der Waals surface area contributed by atoms with Crippen LogP contribution in [0.25, 0.3) is 0 Å². The largest absolute Gasteiger partial charge is 0.392 e. The summed E-state index contributed by atoms with van der Waals surface area (Å²) in [4.78, 5) is 0. The third-order valence-electron chi connectivity index (χ3n) is 5.88. The number of aliphatic hydroxyl groups is 1. The molecule has 1 heteroatoms. The van der Waals surface area contributed by atoms with Gasteiger partial charge in [-0.05, 0) is 36.5 Å². The lowest BCUT2D eigenvalue weighted by molar-refractivity contribution is 0.000149. The zero-order valence-electron chi connectivity index (χ0n) is 11.0. The first-order valence-electron chi connectivity index (χ1n) is 6.78. The molecule has 90 valence electrons. The van der Waals surface area contributed by atoms with Crippen LogP contribution < -0.4 is 0 Å². The van der Waals surface area contributed by atoms with Crippen LogP contribution in [0.4, 0.5) is 0 Å². The van der Waals surface area contributed by atoms with E-state index in [9.17, 15) is 5.11 Å². The van der Waals surface area contributed by atoms with Crippen molar-refractivity contribution in [3.63, 3.8) is 0 Å². The van der Waals surface area contributed by atoms with Gasteiger partial charge in [-0.2, -0.15) is 0 Å². The Labute approximate surface area is 98.9 Å². The molecule has 0 bridgehead atoms. The maximum absolute atomic E-state index is 10.5. The molecule has 0 aliphatic heterocycles. The first-order valence-corrected chi connectivity index (χ1v) is 6.78. The minimum Gasteiger partial charge on any atom is -0.392 e. The second-order valence-electron chi connectivity index (χ2n) is 7.14. The van der Waals surface area contributed by atoms with Gasteiger partial charge in [0.05, 0.1) is 6.10 Å². The minimum atomic E-state index is -0.150. The third kappa shape index (κ3) is 1.16. The molecule has 4 atom stereocenters. The van der Waals surface area contributed by atoms with Gasteiger partial charge in [-0.15, -0.1) is 0 Å². The molecule has 0 aromatic heterocycles. The SMILES string of the molecule is C[C@@H]1CC2=CC(C)(C)[C@H](O)[C@H]2[C@H](C)C12CC2. The van der Waals surface area contributed by atoms with Crippen molar-refractivity contribution < 1.29 is 5.11 Å². The number of rotatable bonds is 0. The number of hydrogen-bond donors (Lipinski definition) is 1. The Balaban J connectivity index is 1.98. The third-order valence-corrected chi connectivity index (χ3v) is 5.88. The van der Waals surface area contributed by atoms with E-state index in [0.717, 1.165) is 5.92 Å². The van der Waals surface area contributed by atoms with Crippen LogP contribution in [-0.4, -0.2) is 11.2 Å². The molecule has 1 N–H and O–H groups in total. The van der Waals surface area contributed by atoms with Gasteiger partial charge in [-0.3, -0.25) is 0 Å². The summed E-state index contributed by atoms with van der Waals surface area (Å²) >= 11 is 0. The maximum atomic E-state index is 10.5. The molecule has 0 aromatic carbocycles. The standard InChI is InChI=1S/C15H24O/c1-9-7-11-8-14(3,4)13(16)12(11)10(2)15(9)5-6-15/h8-10,12-13,16H,5-7H2,1-4H3/t9-,10+,12+,13-/m1/s1. The lowest BCUT2D eigenvalue weighted by Gasteiger charge is -2.43. The predicted octanol–water partition coefficient (Wildman–Crippen LogP) is 3.39. The van der Waals surface area contributed by atoms with Crippen LogP contribution in [0.1, 0.15) is 47.0 Å². The van der Waals surface area contributed by atoms with Crippen LogP contribution in [0.5, 0.6) is 0 Å². The van der Waals surface area contributed by atoms with E-state index in [2.05, 4.69) is 33.8 Å². The predicted molar refractivity (Wildman–Crippen MR) is 66.0 cm³/mol. The maximum Gasteiger partial charge on any atom is 0.0693 e. The first kappa shape index (κ1) is 10.8. The van der Waals surface area contributed by atoms with E-state index in [1.165, 1.54) is 19.3 Å². The molecule has 0 aromatic rings. The fourth-order valence-electron chi connectivity index (χ4n) is 4.57. The fraction of sp³-hybridized carbons (Fsp3) is 0.867. The van der Waals surface area contributed by atoms with E-state index < -0.39 is 0 Å². The average molecular weight is 220 g/mol. The fourth-order valence-corrected chi connectivity index (χ4v) is 4.57. The number of hydrogen-bond acceptors (Lipinski definition) is 1. The summed E-state index contributed by atoms with van der Waals surface area (Å²) in [6.07, 6.45) is 6.24. The van der Waals surface area contributed by atoms with E-state index >= 15 is 0 Å². The van der Waals surface area contributed by atoms with E-state index in [0.29, 0.717) is 17.3 Å². The highest BCUT2D eigenvalue weighted by atomic mass is 16.3. The normalized spacial score (nSPS) is 47.7. The quantitative estimate of drug-likeness (QED) is 0.620. The van der Waals surface area contributed by atoms with E-state index in [-0.39, 0.29) is 11.5 Å². The van der Waals surface area contributed by atoms with Crippen molar-refractivity contribution in [2.24, 2.45) is 28.6 Å². The van der Waals surface area contributed by atoms with Crippen molar-refractivity contribution in [1.82, 2.24) is 0 Å². The Morgan fingerprint density at radius 2 is 1.88 bits per heavy atom. The van der Waals surface area contributed by atoms with Gasteiger partial charge < -0.3 is 5.11 Å². The van der Waals surface area contributed by atoms with Crippen LogP contribution >= 0.6 is 0 Å². The number of aliphatic hydroxyl groups excluding tert-OH is 1. The Morgan fingerprint density at radius 3 is 2.44 bits per heavy atom. The Bertz CT molecular complexity index is 348. The minimum absolute atomic E-state index is 0.00556. The van der Waals surface area contributed by atoms with Crippen molar-refractivity contribution in [1.29, 1.82) is 0 Å². The molecule has 2 fully saturated rings. The van der Waals surface area contributed by atoms with Crippen LogP contribution in [-0.2, 0) is 0 Å². The van der Waals surface area contributed by atoms with Crippen molar-refractivity contribution in [2.75, 3.05) is 0 Å². The molecule has 3 rings (SSSR count). The van der Waals surface area contributed by atoms with Crippen LogP contribution in [0.2, 0.25) is 0 Å². The summed E-state index contributed by atoms with van der Waals surface area (Å²) in [5, 5.41) is 10.5. The van der Waals surface area contributed by atoms with Crippen LogP contribution in [0.15, 0.2) is 11.6 Å². The topological polar surface area (TPSA) is 20.2 Å². The molecule has 2 saturated carbocycles. The Kier molecular flexibility index (Phi) is 1.98. The van der Waals surface area contributed by atoms with Gasteiger partial charge >= 0.3 is 0 Å². The molecule has 0 radical (unpaired) electrons. The van der Waals surface area contributed by atoms with Crippen molar-refractivity contribution in [3.8, 4) is 0 Å². The summed E-state index contributed by atoms with van der Waals surface area (Å²) in [7, 11) is 0. The molecule has 1 spiro atoms. The van der Waals surface area contributed by atoms with Gasteiger partial charge in [0.2, 0.25) is 0 Å². The van der Waals surface area contributed by atoms with Crippen molar-refractivity contribution in [3.05, 3.63) is 11.6 Å². The molecule has 0 heterocycles. The molecule has 0 unspecified atom stereocenters. The monoisotopic (exact) mass is 220 g/mol. The molecule has 1 nitrogen and oxygen atoms in total. The highest BCUT2D eigenvalue weighted by Crippen LogP contribution is 2.67. The first-order chi connectivity index (χ1) is 7.38. The van der Waals surface area contributed by atoms with Crippen LogP contribution in [0, 0.1) is 28.6 Å². The molecule has 0 amide bonds. The lowest BCUT2D eigenvalue weighted by Crippen LogP contribution is -2.41. The van der Waals surface area contributed by atoms with E-state index in [1.54, 1.807) is 5.57 Å². The molecule has 3 aliphatic carbocycles. The molecule has 0 saturated heterocycles. The number of fused-ring (bicyclic) bond motifs is 1. The van der Waals surface area contributed by atoms with Gasteiger partial charge in [-0.25, -0.2) is 0 Å². The van der Waals surface area contributed by atoms with Gasteiger partial charge in [0, 0.05) is 11.3 Å². The summed E-state index contributed by atoms with van der Waals surface area (Å²) in [5.41, 5.74) is 2.13. The van der Waals surface area contributed by atoms with Crippen molar-refractivity contribution >= 4 is 0 Å². The average Bonchev–Trinajstić information content (AvgIpc) is 2.91. The van der Waals surface area contributed by atoms with Gasteiger partial charge in [-0.1, -0.05) is 39.3 Å². The van der Waals surface area contributed by atoms with Gasteiger partial charge in [0.1, 0.15) is 0 Å². The smallest absolute Gasteiger partial charge is 0.0693 e. The van der Waals surface area contributed by atoms with E-state index in [4.69, 9.17) is 0 Å². The summed E-state index contributed by atoms with van der Waals surface area (Å²) in [5.74, 6) is 1.96. The summed E-state index contributed by atoms with van der Waals surface area (Å²) in [6.45, 7) is 9.16. The highest BCUT2D eigenvalue weighted by molar-refractivity contribution is 5.30. The van der Waals surface area contributed by atoms with Crippen molar-refractivity contribution in [2.45, 2.75) is 53.1 Å². The molecular weight excluding hydrogens is 196 g/mol. The summed E-state index contributed by atoms with van der Waals surface area (Å²) < 4.78 is 0. The highest BCUT2D eigenvalue weighted by Gasteiger charge is 2.60. The second-order valence-corrected chi connectivity index (χ2v) is 7.14. The molecule has 3 aliphatic rings. The van der Waals surface area contributed by atoms with E-state index in [1.807, 2.05) is 0 Å². The molecular formula is C15H24O. The second kappa shape index (κ2) is 2.93.